The summed E-state index contributed by atoms with van der Waals surface area (Å²) in [6.45, 7) is 3.24. The fourth-order valence-electron chi connectivity index (χ4n) is 2.51. The molecule has 0 aliphatic carbocycles. The fraction of sp³-hybridized carbons (Fsp3) is 0.400. The maximum Gasteiger partial charge on any atom is 0.289 e. The van der Waals surface area contributed by atoms with Crippen LogP contribution < -0.4 is 5.32 Å². The molecule has 8 heteroatoms. The molecule has 1 aliphatic heterocycles. The quantitative estimate of drug-likeness (QED) is 0.665. The van der Waals surface area contributed by atoms with Gasteiger partial charge in [-0.3, -0.25) is 9.79 Å². The minimum Gasteiger partial charge on any atom is -0.459 e. The van der Waals surface area contributed by atoms with E-state index in [9.17, 15) is 4.79 Å². The first-order chi connectivity index (χ1) is 11.3. The van der Waals surface area contributed by atoms with Crippen molar-refractivity contribution in [3.05, 3.63) is 42.2 Å². The van der Waals surface area contributed by atoms with Crippen LogP contribution in [0.1, 0.15) is 16.2 Å². The van der Waals surface area contributed by atoms with Crippen molar-refractivity contribution in [2.45, 2.75) is 6.54 Å². The molecule has 2 aromatic heterocycles. The number of piperazine rings is 1. The molecule has 0 atom stereocenters. The average Bonchev–Trinajstić information content (AvgIpc) is 3.29. The Kier molecular flexibility index (Phi) is 4.60. The van der Waals surface area contributed by atoms with E-state index >= 15 is 0 Å². The van der Waals surface area contributed by atoms with Crippen LogP contribution >= 0.6 is 0 Å². The smallest absolute Gasteiger partial charge is 0.289 e. The Morgan fingerprint density at radius 3 is 2.65 bits per heavy atom. The minimum absolute atomic E-state index is 0.0693. The number of carbonyl (C=O) groups is 1. The molecular weight excluding hydrogens is 298 g/mol. The molecule has 0 saturated carbocycles. The molecule has 122 valence electrons. The number of aromatic nitrogens is 1. The van der Waals surface area contributed by atoms with Crippen molar-refractivity contribution in [1.82, 2.24) is 20.3 Å². The van der Waals surface area contributed by atoms with E-state index in [-0.39, 0.29) is 5.91 Å². The van der Waals surface area contributed by atoms with Gasteiger partial charge >= 0.3 is 0 Å². The molecule has 0 unspecified atom stereocenters. The van der Waals surface area contributed by atoms with Crippen LogP contribution in [0.25, 0.3) is 0 Å². The van der Waals surface area contributed by atoms with Crippen molar-refractivity contribution < 1.29 is 13.7 Å². The molecule has 2 aromatic rings. The lowest BCUT2D eigenvalue weighted by molar-refractivity contribution is 0.0657. The summed E-state index contributed by atoms with van der Waals surface area (Å²) in [6, 6.07) is 5.21. The second-order valence-corrected chi connectivity index (χ2v) is 5.15. The summed E-state index contributed by atoms with van der Waals surface area (Å²) < 4.78 is 9.97. The van der Waals surface area contributed by atoms with Crippen molar-refractivity contribution in [2.24, 2.45) is 4.99 Å². The van der Waals surface area contributed by atoms with Gasteiger partial charge in [-0.25, -0.2) is 0 Å². The Morgan fingerprint density at radius 2 is 2.04 bits per heavy atom. The molecular formula is C15H19N5O3. The van der Waals surface area contributed by atoms with Crippen molar-refractivity contribution in [3.63, 3.8) is 0 Å². The molecule has 0 aromatic carbocycles. The van der Waals surface area contributed by atoms with Gasteiger partial charge in [0.2, 0.25) is 0 Å². The second kappa shape index (κ2) is 6.99. The van der Waals surface area contributed by atoms with E-state index in [0.29, 0.717) is 38.5 Å². The Labute approximate surface area is 133 Å². The first-order valence-electron chi connectivity index (χ1n) is 7.45. The summed E-state index contributed by atoms with van der Waals surface area (Å²) in [5, 5.41) is 7.10. The summed E-state index contributed by atoms with van der Waals surface area (Å²) in [5.41, 5.74) is 0.817. The third-order valence-electron chi connectivity index (χ3n) is 3.73. The standard InChI is InChI=1S/C15H19N5O3/c1-16-15(17-11-12-4-10-23-18-12)20-7-5-19(6-8-20)14(21)13-3-2-9-22-13/h2-4,9-10H,5-8,11H2,1H3,(H,16,17). The highest BCUT2D eigenvalue weighted by molar-refractivity contribution is 5.91. The van der Waals surface area contributed by atoms with Gasteiger partial charge in [0.25, 0.3) is 5.91 Å². The normalized spacial score (nSPS) is 15.8. The van der Waals surface area contributed by atoms with E-state index in [1.54, 1.807) is 36.4 Å². The zero-order valence-electron chi connectivity index (χ0n) is 12.9. The van der Waals surface area contributed by atoms with Crippen molar-refractivity contribution in [3.8, 4) is 0 Å². The number of furan rings is 1. The number of hydrogen-bond acceptors (Lipinski definition) is 5. The lowest BCUT2D eigenvalue weighted by Gasteiger charge is -2.36. The molecule has 3 heterocycles. The van der Waals surface area contributed by atoms with Gasteiger partial charge in [0.05, 0.1) is 12.8 Å². The van der Waals surface area contributed by atoms with Gasteiger partial charge in [0.1, 0.15) is 12.0 Å². The predicted octanol–water partition coefficient (Wildman–Crippen LogP) is 0.801. The maximum atomic E-state index is 12.2. The zero-order valence-corrected chi connectivity index (χ0v) is 12.9. The first kappa shape index (κ1) is 15.1. The average molecular weight is 317 g/mol. The van der Waals surface area contributed by atoms with Crippen molar-refractivity contribution in [2.75, 3.05) is 33.2 Å². The fourth-order valence-corrected chi connectivity index (χ4v) is 2.51. The van der Waals surface area contributed by atoms with Crippen molar-refractivity contribution in [1.29, 1.82) is 0 Å². The number of guanidine groups is 1. The second-order valence-electron chi connectivity index (χ2n) is 5.15. The lowest BCUT2D eigenvalue weighted by atomic mass is 10.3. The number of carbonyl (C=O) groups excluding carboxylic acids is 1. The van der Waals surface area contributed by atoms with Crippen LogP contribution in [0.2, 0.25) is 0 Å². The highest BCUT2D eigenvalue weighted by Gasteiger charge is 2.25. The Bertz CT molecular complexity index is 643. The molecule has 0 bridgehead atoms. The van der Waals surface area contributed by atoms with Crippen LogP contribution in [-0.4, -0.2) is 60.0 Å². The van der Waals surface area contributed by atoms with Crippen LogP contribution in [0, 0.1) is 0 Å². The number of nitrogens with one attached hydrogen (secondary N) is 1. The van der Waals surface area contributed by atoms with Crippen LogP contribution in [0.4, 0.5) is 0 Å². The Morgan fingerprint density at radius 1 is 1.26 bits per heavy atom. The van der Waals surface area contributed by atoms with Crippen LogP contribution in [0.15, 0.2) is 44.7 Å². The van der Waals surface area contributed by atoms with E-state index in [4.69, 9.17) is 8.94 Å². The molecule has 3 rings (SSSR count). The number of aliphatic imine (C=N–C) groups is 1. The van der Waals surface area contributed by atoms with E-state index in [1.807, 2.05) is 0 Å². The molecule has 0 spiro atoms. The highest BCUT2D eigenvalue weighted by Crippen LogP contribution is 2.09. The summed E-state index contributed by atoms with van der Waals surface area (Å²) in [5.74, 6) is 1.10. The zero-order chi connectivity index (χ0) is 16.1. The van der Waals surface area contributed by atoms with Gasteiger partial charge in [-0.1, -0.05) is 5.16 Å². The van der Waals surface area contributed by atoms with E-state index in [1.165, 1.54) is 6.26 Å². The molecule has 1 saturated heterocycles. The summed E-state index contributed by atoms with van der Waals surface area (Å²) >= 11 is 0. The number of rotatable bonds is 3. The monoisotopic (exact) mass is 317 g/mol. The molecule has 8 nitrogen and oxygen atoms in total. The van der Waals surface area contributed by atoms with Crippen molar-refractivity contribution >= 4 is 11.9 Å². The third kappa shape index (κ3) is 3.53. The first-order valence-corrected chi connectivity index (χ1v) is 7.45. The predicted molar refractivity (Wildman–Crippen MR) is 82.9 cm³/mol. The maximum absolute atomic E-state index is 12.2. The van der Waals surface area contributed by atoms with Crippen LogP contribution in [-0.2, 0) is 6.54 Å². The van der Waals surface area contributed by atoms with Gasteiger partial charge in [-0.15, -0.1) is 0 Å². The summed E-state index contributed by atoms with van der Waals surface area (Å²) in [6.07, 6.45) is 3.05. The van der Waals surface area contributed by atoms with Crippen LogP contribution in [0.3, 0.4) is 0 Å². The molecule has 1 fully saturated rings. The minimum atomic E-state index is -0.0693. The van der Waals surface area contributed by atoms with Crippen LogP contribution in [0.5, 0.6) is 0 Å². The van der Waals surface area contributed by atoms with E-state index < -0.39 is 0 Å². The Hall–Kier alpha value is -2.77. The summed E-state index contributed by atoms with van der Waals surface area (Å²) in [4.78, 5) is 20.4. The molecule has 23 heavy (non-hydrogen) atoms. The highest BCUT2D eigenvalue weighted by atomic mass is 16.5. The van der Waals surface area contributed by atoms with E-state index in [2.05, 4.69) is 20.4 Å². The molecule has 0 radical (unpaired) electrons. The van der Waals surface area contributed by atoms with E-state index in [0.717, 1.165) is 11.7 Å². The molecule has 1 N–H and O–H groups in total. The Balaban J connectivity index is 1.52. The van der Waals surface area contributed by atoms with Gasteiger partial charge in [0.15, 0.2) is 11.7 Å². The van der Waals surface area contributed by atoms with Gasteiger partial charge in [0, 0.05) is 39.3 Å². The third-order valence-corrected chi connectivity index (χ3v) is 3.73. The summed E-state index contributed by atoms with van der Waals surface area (Å²) in [7, 11) is 1.74. The number of amides is 1. The largest absolute Gasteiger partial charge is 0.459 e. The molecule has 1 aliphatic rings. The topological polar surface area (TPSA) is 87.1 Å². The van der Waals surface area contributed by atoms with Gasteiger partial charge < -0.3 is 24.1 Å². The SMILES string of the molecule is CN=C(NCc1ccon1)N1CCN(C(=O)c2ccco2)CC1. The molecule has 1 amide bonds. The number of hydrogen-bond donors (Lipinski definition) is 1. The van der Waals surface area contributed by atoms with Gasteiger partial charge in [-0.2, -0.15) is 0 Å². The number of nitrogens with zero attached hydrogens (tertiary/aromatic N) is 4. The lowest BCUT2D eigenvalue weighted by Crippen LogP contribution is -2.53. The van der Waals surface area contributed by atoms with Gasteiger partial charge in [-0.05, 0) is 12.1 Å².